The van der Waals surface area contributed by atoms with Crippen LogP contribution in [0.15, 0.2) is 54.6 Å². The molecule has 0 atom stereocenters. The zero-order chi connectivity index (χ0) is 25.6. The summed E-state index contributed by atoms with van der Waals surface area (Å²) in [5.74, 6) is 3.26. The van der Waals surface area contributed by atoms with Crippen molar-refractivity contribution in [1.82, 2.24) is 0 Å². The second kappa shape index (κ2) is 15.3. The van der Waals surface area contributed by atoms with Gasteiger partial charge in [0.15, 0.2) is 0 Å². The monoisotopic (exact) mass is 600 g/mol. The largest absolute Gasteiger partial charge is 2.00 e. The molecular formula is C37H28Fe2O+4. The van der Waals surface area contributed by atoms with Crippen molar-refractivity contribution in [2.24, 2.45) is 0 Å². The Balaban J connectivity index is 0.000000261. The Labute approximate surface area is 264 Å². The maximum atomic E-state index is 6.94. The van der Waals surface area contributed by atoms with Crippen molar-refractivity contribution < 1.29 is 38.9 Å². The second-order valence-corrected chi connectivity index (χ2v) is 9.28. The number of benzene rings is 3. The molecule has 0 aromatic heterocycles. The van der Waals surface area contributed by atoms with Crippen molar-refractivity contribution in [3.63, 3.8) is 0 Å². The summed E-state index contributed by atoms with van der Waals surface area (Å²) in [6.07, 6.45) is 41.3. The Morgan fingerprint density at radius 3 is 1.25 bits per heavy atom. The molecule has 20 radical (unpaired) electrons. The molecule has 3 aromatic carbocycles. The fraction of sp³-hybridized carbons (Fsp3) is 0.0270. The van der Waals surface area contributed by atoms with Crippen molar-refractivity contribution in [3.05, 3.63) is 188 Å². The van der Waals surface area contributed by atoms with Gasteiger partial charge in [0.25, 0.3) is 0 Å². The molecule has 0 spiro atoms. The summed E-state index contributed by atoms with van der Waals surface area (Å²) in [5, 5.41) is 4.87. The molecule has 0 N–H and O–H groups in total. The van der Waals surface area contributed by atoms with Crippen LogP contribution in [0, 0.1) is 127 Å². The minimum absolute atomic E-state index is 0. The quantitative estimate of drug-likeness (QED) is 0.214. The smallest absolute Gasteiger partial charge is 0.481 e. The van der Waals surface area contributed by atoms with Crippen molar-refractivity contribution in [2.75, 3.05) is 0 Å². The standard InChI is InChI=1S/C27H18O.2C5H5.2Fe/c1-2-10-19(9-1)27(20-11-3-4-12-20)18-17-25-23-15-6-5-13-21(23)22-14-7-8-16-24(22)26(25)28-27;2*1-2-4-5-3-1;;/h1-18H;2*1-5H;;/q;;;2*+2. The van der Waals surface area contributed by atoms with Crippen LogP contribution in [-0.4, -0.2) is 5.60 Å². The second-order valence-electron chi connectivity index (χ2n) is 9.28. The third-order valence-corrected chi connectivity index (χ3v) is 6.97. The van der Waals surface area contributed by atoms with Crippen LogP contribution in [0.2, 0.25) is 0 Å². The van der Waals surface area contributed by atoms with Crippen molar-refractivity contribution in [3.8, 4) is 5.75 Å². The summed E-state index contributed by atoms with van der Waals surface area (Å²) in [4.78, 5) is 0. The Bertz CT molecular complexity index is 1190. The first-order valence-corrected chi connectivity index (χ1v) is 13.0. The predicted octanol–water partition coefficient (Wildman–Crippen LogP) is 7.99. The molecule has 0 amide bonds. The van der Waals surface area contributed by atoms with E-state index in [0.29, 0.717) is 0 Å². The number of ether oxygens (including phenoxy) is 1. The van der Waals surface area contributed by atoms with Crippen LogP contribution >= 0.6 is 0 Å². The van der Waals surface area contributed by atoms with Crippen LogP contribution in [0.5, 0.6) is 5.75 Å². The average Bonchev–Trinajstić information content (AvgIpc) is 3.83. The summed E-state index contributed by atoms with van der Waals surface area (Å²) >= 11 is 0. The van der Waals surface area contributed by atoms with Gasteiger partial charge in [-0.3, -0.25) is 0 Å². The van der Waals surface area contributed by atoms with Crippen molar-refractivity contribution in [2.45, 2.75) is 5.60 Å². The Kier molecular flexibility index (Phi) is 12.1. The van der Waals surface area contributed by atoms with E-state index in [1.165, 1.54) is 16.2 Å². The Morgan fingerprint density at radius 1 is 0.425 bits per heavy atom. The predicted molar refractivity (Wildman–Crippen MR) is 158 cm³/mol. The molecule has 0 unspecified atom stereocenters. The van der Waals surface area contributed by atoms with Gasteiger partial charge in [-0.15, -0.1) is 0 Å². The first kappa shape index (κ1) is 31.7. The van der Waals surface area contributed by atoms with E-state index < -0.39 is 5.60 Å². The van der Waals surface area contributed by atoms with Crippen LogP contribution in [0.1, 0.15) is 5.56 Å². The van der Waals surface area contributed by atoms with Gasteiger partial charge in [0.2, 0.25) is 0 Å². The average molecular weight is 600 g/mol. The first-order chi connectivity index (χ1) is 18.9. The van der Waals surface area contributed by atoms with Gasteiger partial charge < -0.3 is 4.74 Å². The van der Waals surface area contributed by atoms with Crippen LogP contribution in [-0.2, 0) is 34.1 Å². The Morgan fingerprint density at radius 2 is 0.800 bits per heavy atom. The van der Waals surface area contributed by atoms with E-state index >= 15 is 0 Å². The molecule has 0 bridgehead atoms. The van der Waals surface area contributed by atoms with E-state index in [4.69, 9.17) is 4.74 Å². The SMILES string of the molecule is [CH]1[CH][CH][CH][CH]1.[CH]1[CH][CH][CH][CH]1.[CH]1[CH][CH][C](C2([C]3[CH][CH][CH][CH]3)C=Cc3c(c4ccccc4c4ccccc34)O2)[CH]1.[Fe+2].[Fe+2]. The molecule has 3 aromatic rings. The number of hydrogen-bond acceptors (Lipinski definition) is 1. The van der Waals surface area contributed by atoms with Gasteiger partial charge in [-0.25, -0.2) is 0 Å². The van der Waals surface area contributed by atoms with E-state index in [1.807, 2.05) is 64.2 Å². The fourth-order valence-electron chi connectivity index (χ4n) is 5.17. The van der Waals surface area contributed by atoms with Gasteiger partial charge in [0.1, 0.15) is 11.4 Å². The zero-order valence-electron chi connectivity index (χ0n) is 21.8. The number of fused-ring (bicyclic) bond motifs is 6. The minimum Gasteiger partial charge on any atom is -0.481 e. The third kappa shape index (κ3) is 6.70. The van der Waals surface area contributed by atoms with Crippen LogP contribution in [0.25, 0.3) is 27.6 Å². The molecule has 0 saturated heterocycles. The van der Waals surface area contributed by atoms with Crippen molar-refractivity contribution >= 4 is 27.6 Å². The summed E-state index contributed by atoms with van der Waals surface area (Å²) in [6, 6.07) is 17.1. The van der Waals surface area contributed by atoms with Gasteiger partial charge in [-0.2, -0.15) is 0 Å². The fourth-order valence-corrected chi connectivity index (χ4v) is 5.17. The first-order valence-electron chi connectivity index (χ1n) is 13.0. The van der Waals surface area contributed by atoms with E-state index in [0.717, 1.165) is 28.5 Å². The van der Waals surface area contributed by atoms with E-state index in [2.05, 4.69) is 112 Å². The van der Waals surface area contributed by atoms with Gasteiger partial charge in [0, 0.05) is 22.8 Å². The number of hydrogen-bond donors (Lipinski definition) is 0. The molecule has 4 saturated carbocycles. The topological polar surface area (TPSA) is 9.23 Å². The van der Waals surface area contributed by atoms with Gasteiger partial charge in [-0.1, -0.05) is 54.6 Å². The van der Waals surface area contributed by atoms with Gasteiger partial charge >= 0.3 is 34.1 Å². The zero-order valence-corrected chi connectivity index (χ0v) is 24.0. The molecule has 1 heterocycles. The summed E-state index contributed by atoms with van der Waals surface area (Å²) in [7, 11) is 0. The molecular weight excluding hydrogens is 572 g/mol. The molecule has 1 nitrogen and oxygen atoms in total. The molecule has 8 rings (SSSR count). The molecule has 1 aliphatic heterocycles. The molecule has 4 aliphatic carbocycles. The minimum atomic E-state index is -0.606. The van der Waals surface area contributed by atoms with E-state index in [1.54, 1.807) is 0 Å². The van der Waals surface area contributed by atoms with E-state index in [9.17, 15) is 0 Å². The van der Waals surface area contributed by atoms with Crippen molar-refractivity contribution in [1.29, 1.82) is 0 Å². The summed E-state index contributed by atoms with van der Waals surface area (Å²) in [6.45, 7) is 0. The summed E-state index contributed by atoms with van der Waals surface area (Å²) < 4.78 is 6.94. The third-order valence-electron chi connectivity index (χ3n) is 6.97. The molecule has 4 fully saturated rings. The Hall–Kier alpha value is -1.24. The van der Waals surface area contributed by atoms with Crippen LogP contribution in [0.4, 0.5) is 0 Å². The van der Waals surface area contributed by atoms with Crippen LogP contribution in [0.3, 0.4) is 0 Å². The molecule has 194 valence electrons. The van der Waals surface area contributed by atoms with Crippen LogP contribution < -0.4 is 4.74 Å². The van der Waals surface area contributed by atoms with Gasteiger partial charge in [0.05, 0.1) is 0 Å². The summed E-state index contributed by atoms with van der Waals surface area (Å²) in [5.41, 5.74) is 0.550. The van der Waals surface area contributed by atoms with Gasteiger partial charge in [-0.05, 0) is 138 Å². The maximum absolute atomic E-state index is 6.94. The maximum Gasteiger partial charge on any atom is 2.00 e. The normalized spacial score (nSPS) is 21.4. The molecule has 3 heteroatoms. The molecule has 5 aliphatic rings. The van der Waals surface area contributed by atoms with E-state index in [-0.39, 0.29) is 34.1 Å². The number of rotatable bonds is 2. The molecule has 40 heavy (non-hydrogen) atoms.